The van der Waals surface area contributed by atoms with Gasteiger partial charge in [0.05, 0.1) is 0 Å². The molecule has 4 heterocycles. The first-order valence-electron chi connectivity index (χ1n) is 12.1. The Labute approximate surface area is 201 Å². The van der Waals surface area contributed by atoms with Gasteiger partial charge in [0.2, 0.25) is 0 Å². The van der Waals surface area contributed by atoms with Gasteiger partial charge in [0.25, 0.3) is 11.5 Å². The van der Waals surface area contributed by atoms with Gasteiger partial charge < -0.3 is 29.9 Å². The van der Waals surface area contributed by atoms with Crippen LogP contribution in [0.1, 0.15) is 32.7 Å². The Morgan fingerprint density at radius 1 is 0.941 bits per heavy atom. The Morgan fingerprint density at radius 2 is 1.53 bits per heavy atom. The molecule has 1 amide bonds. The lowest BCUT2D eigenvalue weighted by Gasteiger charge is -2.37. The minimum Gasteiger partial charge on any atom is -0.354 e. The van der Waals surface area contributed by atoms with Gasteiger partial charge in [-0.25, -0.2) is 4.98 Å². The molecule has 0 aliphatic carbocycles. The van der Waals surface area contributed by atoms with Crippen LogP contribution in [0.2, 0.25) is 0 Å². The number of pyridine rings is 2. The number of aryl methyl sites for hydroxylation is 2. The smallest absolute Gasteiger partial charge is 0.253 e. The first-order valence-corrected chi connectivity index (χ1v) is 12.1. The Morgan fingerprint density at radius 3 is 2.12 bits per heavy atom. The number of anilines is 2. The number of piperazine rings is 2. The maximum atomic E-state index is 13.4. The predicted molar refractivity (Wildman–Crippen MR) is 136 cm³/mol. The summed E-state index contributed by atoms with van der Waals surface area (Å²) in [6.45, 7) is 13.3. The standard InChI is InChI=1S/C25H37N7O2/c1-17-14-18(2)27-25(34)21(17)16-26-24(33)20-15-22(31-10-6-29(4)7-11-31)28-23(19(20)3)32-12-8-30(5)9-13-32/h14-15H,6-13,16H2,1-5H3,(H,26,33)(H,27,34). The van der Waals surface area contributed by atoms with E-state index in [0.29, 0.717) is 11.1 Å². The van der Waals surface area contributed by atoms with E-state index < -0.39 is 0 Å². The van der Waals surface area contributed by atoms with Crippen LogP contribution in [0.25, 0.3) is 0 Å². The molecule has 0 saturated carbocycles. The van der Waals surface area contributed by atoms with E-state index in [1.54, 1.807) is 0 Å². The summed E-state index contributed by atoms with van der Waals surface area (Å²) in [6.07, 6.45) is 0. The van der Waals surface area contributed by atoms with Crippen LogP contribution >= 0.6 is 0 Å². The number of H-pyrrole nitrogens is 1. The molecule has 2 aromatic heterocycles. The average molecular weight is 468 g/mol. The number of aromatic nitrogens is 2. The van der Waals surface area contributed by atoms with E-state index in [1.807, 2.05) is 32.9 Å². The maximum Gasteiger partial charge on any atom is 0.253 e. The zero-order valence-electron chi connectivity index (χ0n) is 21.1. The van der Waals surface area contributed by atoms with Crippen LogP contribution < -0.4 is 20.7 Å². The third-order valence-electron chi connectivity index (χ3n) is 7.03. The molecular formula is C25H37N7O2. The number of likely N-dealkylation sites (N-methyl/N-ethyl adjacent to an activating group) is 2. The van der Waals surface area contributed by atoms with Gasteiger partial charge in [-0.05, 0) is 52.6 Å². The van der Waals surface area contributed by atoms with Gasteiger partial charge in [-0.1, -0.05) is 0 Å². The maximum absolute atomic E-state index is 13.4. The second kappa shape index (κ2) is 10.1. The van der Waals surface area contributed by atoms with Crippen LogP contribution in [0.15, 0.2) is 16.9 Å². The quantitative estimate of drug-likeness (QED) is 0.682. The Kier molecular flexibility index (Phi) is 7.23. The molecule has 9 heteroatoms. The third kappa shape index (κ3) is 5.26. The molecule has 0 spiro atoms. The van der Waals surface area contributed by atoms with Gasteiger partial charge in [-0.15, -0.1) is 0 Å². The van der Waals surface area contributed by atoms with Crippen LogP contribution in [0.3, 0.4) is 0 Å². The summed E-state index contributed by atoms with van der Waals surface area (Å²) in [5, 5.41) is 2.99. The summed E-state index contributed by atoms with van der Waals surface area (Å²) in [7, 11) is 4.26. The van der Waals surface area contributed by atoms with Crippen LogP contribution in [0.5, 0.6) is 0 Å². The van der Waals surface area contributed by atoms with Crippen molar-refractivity contribution in [1.82, 2.24) is 25.1 Å². The highest BCUT2D eigenvalue weighted by molar-refractivity contribution is 5.97. The number of carbonyl (C=O) groups is 1. The molecule has 2 aliphatic heterocycles. The summed E-state index contributed by atoms with van der Waals surface area (Å²) < 4.78 is 0. The minimum atomic E-state index is -0.176. The summed E-state index contributed by atoms with van der Waals surface area (Å²) in [5.74, 6) is 1.56. The molecule has 0 bridgehead atoms. The van der Waals surface area contributed by atoms with Crippen molar-refractivity contribution in [3.63, 3.8) is 0 Å². The number of nitrogens with one attached hydrogen (secondary N) is 2. The number of hydrogen-bond acceptors (Lipinski definition) is 7. The van der Waals surface area contributed by atoms with E-state index >= 15 is 0 Å². The highest BCUT2D eigenvalue weighted by atomic mass is 16.1. The van der Waals surface area contributed by atoms with Gasteiger partial charge in [0, 0.05) is 81.3 Å². The number of rotatable bonds is 5. The van der Waals surface area contributed by atoms with Gasteiger partial charge in [0.15, 0.2) is 0 Å². The second-order valence-electron chi connectivity index (χ2n) is 9.68. The second-order valence-corrected chi connectivity index (χ2v) is 9.68. The van der Waals surface area contributed by atoms with Crippen molar-refractivity contribution in [3.8, 4) is 0 Å². The average Bonchev–Trinajstić information content (AvgIpc) is 2.79. The summed E-state index contributed by atoms with van der Waals surface area (Å²) in [6, 6.07) is 3.85. The van der Waals surface area contributed by atoms with Gasteiger partial charge in [-0.2, -0.15) is 0 Å². The first kappa shape index (κ1) is 24.2. The zero-order valence-corrected chi connectivity index (χ0v) is 21.1. The molecule has 0 atom stereocenters. The molecule has 2 aliphatic rings. The van der Waals surface area contributed by atoms with Crippen molar-refractivity contribution in [2.45, 2.75) is 27.3 Å². The fourth-order valence-corrected chi connectivity index (χ4v) is 4.71. The zero-order chi connectivity index (χ0) is 24.4. The van der Waals surface area contributed by atoms with Crippen LogP contribution in [-0.2, 0) is 6.54 Å². The lowest BCUT2D eigenvalue weighted by molar-refractivity contribution is 0.0950. The molecule has 4 rings (SSSR count). The topological polar surface area (TPSA) is 87.8 Å². The number of nitrogens with zero attached hydrogens (tertiary/aromatic N) is 5. The van der Waals surface area contributed by atoms with Gasteiger partial charge in [-0.3, -0.25) is 9.59 Å². The molecule has 2 aromatic rings. The van der Waals surface area contributed by atoms with E-state index in [2.05, 4.69) is 44.0 Å². The van der Waals surface area contributed by atoms with Crippen LogP contribution in [-0.4, -0.2) is 92.1 Å². The van der Waals surface area contributed by atoms with Gasteiger partial charge >= 0.3 is 0 Å². The molecule has 0 radical (unpaired) electrons. The molecule has 2 saturated heterocycles. The molecule has 0 aromatic carbocycles. The summed E-state index contributed by atoms with van der Waals surface area (Å²) >= 11 is 0. The monoisotopic (exact) mass is 467 g/mol. The van der Waals surface area contributed by atoms with Gasteiger partial charge in [0.1, 0.15) is 11.6 Å². The van der Waals surface area contributed by atoms with Crippen molar-refractivity contribution >= 4 is 17.5 Å². The molecule has 184 valence electrons. The van der Waals surface area contributed by atoms with E-state index in [1.165, 1.54) is 0 Å². The fraction of sp³-hybridized carbons (Fsp3) is 0.560. The van der Waals surface area contributed by atoms with Crippen LogP contribution in [0.4, 0.5) is 11.6 Å². The SMILES string of the molecule is Cc1cc(C)c(CNC(=O)c2cc(N3CCN(C)CC3)nc(N3CCN(C)CC3)c2C)c(=O)[nH]1. The number of carbonyl (C=O) groups excluding carboxylic acids is 1. The van der Waals surface area contributed by atoms with E-state index in [0.717, 1.165) is 80.8 Å². The highest BCUT2D eigenvalue weighted by Gasteiger charge is 2.25. The predicted octanol–water partition coefficient (Wildman–Crippen LogP) is 1.13. The van der Waals surface area contributed by atoms with Crippen molar-refractivity contribution in [1.29, 1.82) is 0 Å². The number of amides is 1. The minimum absolute atomic E-state index is 0.152. The normalized spacial score (nSPS) is 17.8. The molecule has 2 N–H and O–H groups in total. The highest BCUT2D eigenvalue weighted by Crippen LogP contribution is 2.28. The Bertz CT molecular complexity index is 1100. The fourth-order valence-electron chi connectivity index (χ4n) is 4.71. The van der Waals surface area contributed by atoms with Crippen molar-refractivity contribution < 1.29 is 4.79 Å². The van der Waals surface area contributed by atoms with E-state index in [4.69, 9.17) is 4.98 Å². The Balaban J connectivity index is 1.63. The largest absolute Gasteiger partial charge is 0.354 e. The molecule has 9 nitrogen and oxygen atoms in total. The molecule has 0 unspecified atom stereocenters. The summed E-state index contributed by atoms with van der Waals surface area (Å²) in [5.41, 5.74) is 3.64. The van der Waals surface area contributed by atoms with Crippen molar-refractivity contribution in [2.24, 2.45) is 0 Å². The lowest BCUT2D eigenvalue weighted by Crippen LogP contribution is -2.46. The number of hydrogen-bond donors (Lipinski definition) is 2. The van der Waals surface area contributed by atoms with E-state index in [-0.39, 0.29) is 18.0 Å². The molecular weight excluding hydrogens is 430 g/mol. The van der Waals surface area contributed by atoms with Crippen molar-refractivity contribution in [2.75, 3.05) is 76.3 Å². The first-order chi connectivity index (χ1) is 16.2. The molecule has 2 fully saturated rings. The molecule has 34 heavy (non-hydrogen) atoms. The summed E-state index contributed by atoms with van der Waals surface area (Å²) in [4.78, 5) is 42.9. The van der Waals surface area contributed by atoms with Crippen LogP contribution in [0, 0.1) is 20.8 Å². The number of aromatic amines is 1. The Hall–Kier alpha value is -2.91. The van der Waals surface area contributed by atoms with Crippen molar-refractivity contribution in [3.05, 3.63) is 50.4 Å². The lowest BCUT2D eigenvalue weighted by atomic mass is 10.1. The third-order valence-corrected chi connectivity index (χ3v) is 7.03. The van der Waals surface area contributed by atoms with E-state index in [9.17, 15) is 9.59 Å².